The molecular formula is C34H32N2O6S2. The second kappa shape index (κ2) is 16.3. The van der Waals surface area contributed by atoms with Crippen LogP contribution in [0.25, 0.3) is 0 Å². The fourth-order valence-corrected chi connectivity index (χ4v) is 7.14. The van der Waals surface area contributed by atoms with E-state index in [9.17, 15) is 29.4 Å². The van der Waals surface area contributed by atoms with E-state index in [1.54, 1.807) is 24.3 Å². The van der Waals surface area contributed by atoms with Crippen LogP contribution < -0.4 is 10.6 Å². The summed E-state index contributed by atoms with van der Waals surface area (Å²) in [6, 6.07) is 31.9. The summed E-state index contributed by atoms with van der Waals surface area (Å²) in [5.74, 6) is -2.47. The molecule has 0 spiro atoms. The number of hydrogen-bond acceptors (Lipinski definition) is 6. The van der Waals surface area contributed by atoms with E-state index in [-0.39, 0.29) is 22.9 Å². The second-order valence-corrected chi connectivity index (χ2v) is 12.7. The lowest BCUT2D eigenvalue weighted by molar-refractivity contribution is -0.121. The van der Waals surface area contributed by atoms with Gasteiger partial charge in [-0.1, -0.05) is 107 Å². The molecule has 0 aliphatic rings. The van der Waals surface area contributed by atoms with E-state index >= 15 is 0 Å². The molecule has 226 valence electrons. The Morgan fingerprint density at radius 2 is 0.841 bits per heavy atom. The zero-order chi connectivity index (χ0) is 31.3. The summed E-state index contributed by atoms with van der Waals surface area (Å²) >= 11 is 0. The largest absolute Gasteiger partial charge is 0.478 e. The molecule has 4 aromatic carbocycles. The highest BCUT2D eigenvalue weighted by Crippen LogP contribution is 2.35. The molecule has 2 atom stereocenters. The van der Waals surface area contributed by atoms with Crippen molar-refractivity contribution in [3.05, 3.63) is 143 Å². The number of aromatic carboxylic acids is 2. The summed E-state index contributed by atoms with van der Waals surface area (Å²) in [4.78, 5) is 49.5. The first-order chi connectivity index (χ1) is 21.3. The van der Waals surface area contributed by atoms with Gasteiger partial charge in [0, 0.05) is 13.1 Å². The zero-order valence-electron chi connectivity index (χ0n) is 23.7. The van der Waals surface area contributed by atoms with E-state index in [1.807, 2.05) is 60.7 Å². The van der Waals surface area contributed by atoms with Gasteiger partial charge in [-0.3, -0.25) is 9.59 Å². The SMILES string of the molecule is O=C(O)c1ccc(C[C@H](SS[C@@H](Cc2ccc(C(=O)O)cc2)C(=O)NCc2ccccc2)C(=O)NCc2ccccc2)cc1. The Morgan fingerprint density at radius 1 is 0.500 bits per heavy atom. The average molecular weight is 629 g/mol. The first-order valence-corrected chi connectivity index (χ1v) is 16.2. The minimum absolute atomic E-state index is 0.157. The van der Waals surface area contributed by atoms with E-state index < -0.39 is 22.4 Å². The van der Waals surface area contributed by atoms with Gasteiger partial charge in [-0.05, 0) is 59.4 Å². The van der Waals surface area contributed by atoms with Crippen molar-refractivity contribution < 1.29 is 29.4 Å². The molecule has 0 aromatic heterocycles. The van der Waals surface area contributed by atoms with Crippen molar-refractivity contribution in [2.45, 2.75) is 36.4 Å². The monoisotopic (exact) mass is 628 g/mol. The molecule has 44 heavy (non-hydrogen) atoms. The molecule has 4 N–H and O–H groups in total. The molecule has 4 aromatic rings. The van der Waals surface area contributed by atoms with Gasteiger partial charge in [0.05, 0.1) is 21.6 Å². The van der Waals surface area contributed by atoms with Crippen LogP contribution in [0.5, 0.6) is 0 Å². The standard InChI is InChI=1S/C34H32N2O6S2/c37-31(35-21-25-7-3-1-4-8-25)29(19-23-11-15-27(16-12-23)33(39)40)43-44-30(20-24-13-17-28(18-14-24)34(41)42)32(38)36-22-26-9-5-2-6-10-26/h1-18,29-30H,19-22H2,(H,35,37)(H,36,38)(H,39,40)(H,41,42)/t29-,30-/m0/s1. The van der Waals surface area contributed by atoms with E-state index in [0.29, 0.717) is 25.9 Å². The van der Waals surface area contributed by atoms with Crippen LogP contribution in [0.1, 0.15) is 43.0 Å². The quantitative estimate of drug-likeness (QED) is 0.125. The number of carbonyl (C=O) groups excluding carboxylic acids is 2. The number of amides is 2. The first kappa shape index (κ1) is 32.4. The number of carboxylic acid groups (broad SMARTS) is 2. The maximum Gasteiger partial charge on any atom is 0.335 e. The van der Waals surface area contributed by atoms with Crippen LogP contribution in [0.3, 0.4) is 0 Å². The number of hydrogen-bond donors (Lipinski definition) is 4. The second-order valence-electron chi connectivity index (χ2n) is 9.99. The van der Waals surface area contributed by atoms with Gasteiger partial charge in [-0.2, -0.15) is 0 Å². The van der Waals surface area contributed by atoms with Crippen LogP contribution in [0, 0.1) is 0 Å². The summed E-state index contributed by atoms with van der Waals surface area (Å²) in [6.07, 6.45) is 0.647. The summed E-state index contributed by atoms with van der Waals surface area (Å²) in [5.41, 5.74) is 3.79. The molecule has 0 fully saturated rings. The Labute approximate surface area is 263 Å². The van der Waals surface area contributed by atoms with Crippen LogP contribution >= 0.6 is 21.6 Å². The van der Waals surface area contributed by atoms with Gasteiger partial charge >= 0.3 is 11.9 Å². The summed E-state index contributed by atoms with van der Waals surface area (Å²) in [7, 11) is 2.58. The Hall–Kier alpha value is -4.54. The van der Waals surface area contributed by atoms with Gasteiger partial charge < -0.3 is 20.8 Å². The highest BCUT2D eigenvalue weighted by molar-refractivity contribution is 8.77. The third-order valence-corrected chi connectivity index (χ3v) is 9.80. The van der Waals surface area contributed by atoms with Crippen molar-refractivity contribution in [3.8, 4) is 0 Å². The lowest BCUT2D eigenvalue weighted by Crippen LogP contribution is -2.35. The molecule has 8 nitrogen and oxygen atoms in total. The molecule has 4 rings (SSSR count). The van der Waals surface area contributed by atoms with Crippen LogP contribution in [0.2, 0.25) is 0 Å². The third kappa shape index (κ3) is 10.0. The number of rotatable bonds is 15. The van der Waals surface area contributed by atoms with Gasteiger partial charge in [0.1, 0.15) is 0 Å². The molecule has 0 unspecified atom stereocenters. The van der Waals surface area contributed by atoms with Crippen molar-refractivity contribution >= 4 is 45.3 Å². The maximum atomic E-state index is 13.5. The molecule has 2 amide bonds. The van der Waals surface area contributed by atoms with Gasteiger partial charge in [0.15, 0.2) is 0 Å². The number of carbonyl (C=O) groups is 4. The van der Waals surface area contributed by atoms with E-state index in [2.05, 4.69) is 10.6 Å². The fraction of sp³-hybridized carbons (Fsp3) is 0.176. The van der Waals surface area contributed by atoms with Crippen molar-refractivity contribution in [1.82, 2.24) is 10.6 Å². The molecular weight excluding hydrogens is 597 g/mol. The van der Waals surface area contributed by atoms with Crippen LogP contribution in [0.15, 0.2) is 109 Å². The van der Waals surface area contributed by atoms with Crippen molar-refractivity contribution in [2.24, 2.45) is 0 Å². The van der Waals surface area contributed by atoms with Crippen molar-refractivity contribution in [3.63, 3.8) is 0 Å². The Bertz CT molecular complexity index is 1430. The lowest BCUT2D eigenvalue weighted by Gasteiger charge is -2.21. The van der Waals surface area contributed by atoms with Crippen LogP contribution in [0.4, 0.5) is 0 Å². The normalized spacial score (nSPS) is 12.1. The fourth-order valence-electron chi connectivity index (χ4n) is 4.27. The molecule has 0 aliphatic heterocycles. The third-order valence-electron chi connectivity index (χ3n) is 6.74. The maximum absolute atomic E-state index is 13.5. The molecule has 0 heterocycles. The number of nitrogens with one attached hydrogen (secondary N) is 2. The van der Waals surface area contributed by atoms with Crippen LogP contribution in [-0.2, 0) is 35.5 Å². The Balaban J connectivity index is 1.51. The molecule has 0 saturated carbocycles. The number of benzene rings is 4. The van der Waals surface area contributed by atoms with Crippen molar-refractivity contribution in [2.75, 3.05) is 0 Å². The molecule has 0 bridgehead atoms. The predicted molar refractivity (Wildman–Crippen MR) is 174 cm³/mol. The highest BCUT2D eigenvalue weighted by Gasteiger charge is 2.26. The lowest BCUT2D eigenvalue weighted by atomic mass is 10.1. The van der Waals surface area contributed by atoms with E-state index in [0.717, 1.165) is 22.3 Å². The average Bonchev–Trinajstić information content (AvgIpc) is 3.05. The topological polar surface area (TPSA) is 133 Å². The van der Waals surface area contributed by atoms with Gasteiger partial charge in [-0.15, -0.1) is 0 Å². The molecule has 0 saturated heterocycles. The molecule has 0 radical (unpaired) electrons. The molecule has 0 aliphatic carbocycles. The van der Waals surface area contributed by atoms with E-state index in [4.69, 9.17) is 0 Å². The summed E-state index contributed by atoms with van der Waals surface area (Å²) in [5, 5.41) is 23.3. The minimum atomic E-state index is -1.03. The summed E-state index contributed by atoms with van der Waals surface area (Å²) in [6.45, 7) is 0.687. The minimum Gasteiger partial charge on any atom is -0.478 e. The zero-order valence-corrected chi connectivity index (χ0v) is 25.4. The van der Waals surface area contributed by atoms with Crippen LogP contribution in [-0.4, -0.2) is 44.5 Å². The van der Waals surface area contributed by atoms with E-state index in [1.165, 1.54) is 45.9 Å². The smallest absolute Gasteiger partial charge is 0.335 e. The molecule has 10 heteroatoms. The van der Waals surface area contributed by atoms with Gasteiger partial charge in [0.25, 0.3) is 0 Å². The summed E-state index contributed by atoms with van der Waals surface area (Å²) < 4.78 is 0. The first-order valence-electron chi connectivity index (χ1n) is 13.9. The van der Waals surface area contributed by atoms with Gasteiger partial charge in [-0.25, -0.2) is 9.59 Å². The predicted octanol–water partition coefficient (Wildman–Crippen LogP) is 5.62. The highest BCUT2D eigenvalue weighted by atomic mass is 33.1. The van der Waals surface area contributed by atoms with Crippen molar-refractivity contribution in [1.29, 1.82) is 0 Å². The number of carboxylic acids is 2. The van der Waals surface area contributed by atoms with Gasteiger partial charge in [0.2, 0.25) is 11.8 Å². The Kier molecular flexibility index (Phi) is 12.0. The Morgan fingerprint density at radius 3 is 1.16 bits per heavy atom.